The highest BCUT2D eigenvalue weighted by Gasteiger charge is 2.25. The third-order valence-corrected chi connectivity index (χ3v) is 4.85. The fraction of sp³-hybridized carbons (Fsp3) is 0.286. The number of thiophene rings is 1. The Morgan fingerprint density at radius 3 is 2.67 bits per heavy atom. The van der Waals surface area contributed by atoms with Gasteiger partial charge in [-0.25, -0.2) is 0 Å². The molecule has 1 aliphatic rings. The van der Waals surface area contributed by atoms with Crippen LogP contribution in [0.15, 0.2) is 46.3 Å². The third-order valence-electron chi connectivity index (χ3n) is 3.06. The van der Waals surface area contributed by atoms with E-state index in [2.05, 4.69) is 57.0 Å². The summed E-state index contributed by atoms with van der Waals surface area (Å²) in [4.78, 5) is 1.27. The van der Waals surface area contributed by atoms with E-state index in [1.165, 1.54) is 10.4 Å². The summed E-state index contributed by atoms with van der Waals surface area (Å²) in [6, 6.07) is 12.5. The molecule has 1 aliphatic heterocycles. The van der Waals surface area contributed by atoms with Crippen molar-refractivity contribution < 1.29 is 4.74 Å². The lowest BCUT2D eigenvalue weighted by atomic mass is 10.1. The number of nitrogens with one attached hydrogen (secondary N) is 1. The van der Waals surface area contributed by atoms with Gasteiger partial charge in [0.05, 0.1) is 6.10 Å². The van der Waals surface area contributed by atoms with Crippen LogP contribution in [0.3, 0.4) is 0 Å². The Kier molecular flexibility index (Phi) is 3.80. The molecule has 1 fully saturated rings. The van der Waals surface area contributed by atoms with Gasteiger partial charge in [0.15, 0.2) is 0 Å². The first kappa shape index (κ1) is 12.4. The van der Waals surface area contributed by atoms with Gasteiger partial charge in [0, 0.05) is 27.8 Å². The summed E-state index contributed by atoms with van der Waals surface area (Å²) in [5, 5.41) is 5.56. The van der Waals surface area contributed by atoms with Crippen molar-refractivity contribution in [3.05, 3.63) is 56.7 Å². The average Bonchev–Trinajstić information content (AvgIpc) is 2.87. The molecule has 1 N–H and O–H groups in total. The first-order chi connectivity index (χ1) is 8.83. The summed E-state index contributed by atoms with van der Waals surface area (Å²) in [5.41, 5.74) is 1.24. The van der Waals surface area contributed by atoms with Crippen molar-refractivity contribution in [2.24, 2.45) is 0 Å². The van der Waals surface area contributed by atoms with Gasteiger partial charge in [-0.05, 0) is 27.6 Å². The van der Waals surface area contributed by atoms with Crippen molar-refractivity contribution in [1.82, 2.24) is 5.32 Å². The molecule has 0 amide bonds. The predicted octanol–water partition coefficient (Wildman–Crippen LogP) is 3.91. The smallest absolute Gasteiger partial charge is 0.105 e. The van der Waals surface area contributed by atoms with Gasteiger partial charge in [-0.15, -0.1) is 11.3 Å². The van der Waals surface area contributed by atoms with Crippen LogP contribution in [0.25, 0.3) is 0 Å². The molecule has 2 heterocycles. The predicted molar refractivity (Wildman–Crippen MR) is 77.9 cm³/mol. The summed E-state index contributed by atoms with van der Waals surface area (Å²) in [5.74, 6) is 0. The van der Waals surface area contributed by atoms with E-state index in [-0.39, 0.29) is 12.2 Å². The van der Waals surface area contributed by atoms with Gasteiger partial charge in [-0.2, -0.15) is 0 Å². The Bertz CT molecular complexity index is 514. The monoisotopic (exact) mass is 323 g/mol. The lowest BCUT2D eigenvalue weighted by Crippen LogP contribution is -2.35. The quantitative estimate of drug-likeness (QED) is 0.904. The fourth-order valence-electron chi connectivity index (χ4n) is 2.17. The minimum Gasteiger partial charge on any atom is -0.362 e. The maximum atomic E-state index is 6.20. The fourth-order valence-corrected chi connectivity index (χ4v) is 3.65. The summed E-state index contributed by atoms with van der Waals surface area (Å²) in [6.45, 7) is 1.77. The normalized spacial score (nSPS) is 24.1. The van der Waals surface area contributed by atoms with Gasteiger partial charge in [0.25, 0.3) is 0 Å². The van der Waals surface area contributed by atoms with Crippen LogP contribution in [0.1, 0.15) is 22.6 Å². The average molecular weight is 324 g/mol. The van der Waals surface area contributed by atoms with Crippen LogP contribution < -0.4 is 5.32 Å². The molecular weight excluding hydrogens is 310 g/mol. The van der Waals surface area contributed by atoms with Crippen molar-refractivity contribution in [2.75, 3.05) is 13.1 Å². The van der Waals surface area contributed by atoms with Crippen LogP contribution in [-0.2, 0) is 4.74 Å². The number of hydrogen-bond donors (Lipinski definition) is 1. The van der Waals surface area contributed by atoms with Crippen molar-refractivity contribution >= 4 is 27.3 Å². The van der Waals surface area contributed by atoms with E-state index < -0.39 is 0 Å². The van der Waals surface area contributed by atoms with Crippen LogP contribution >= 0.6 is 27.3 Å². The summed E-state index contributed by atoms with van der Waals surface area (Å²) >= 11 is 5.23. The van der Waals surface area contributed by atoms with E-state index >= 15 is 0 Å². The number of benzene rings is 1. The third kappa shape index (κ3) is 2.67. The Hall–Kier alpha value is -0.680. The van der Waals surface area contributed by atoms with E-state index in [0.29, 0.717) is 0 Å². The molecule has 1 aromatic carbocycles. The molecule has 0 aliphatic carbocycles. The van der Waals surface area contributed by atoms with Gasteiger partial charge in [0.2, 0.25) is 0 Å². The molecule has 0 radical (unpaired) electrons. The summed E-state index contributed by atoms with van der Waals surface area (Å²) in [7, 11) is 0. The Labute approximate surface area is 119 Å². The molecule has 3 rings (SSSR count). The summed E-state index contributed by atoms with van der Waals surface area (Å²) in [6.07, 6.45) is 0.297. The van der Waals surface area contributed by atoms with Crippen molar-refractivity contribution in [1.29, 1.82) is 0 Å². The van der Waals surface area contributed by atoms with Gasteiger partial charge in [-0.3, -0.25) is 0 Å². The second-order valence-electron chi connectivity index (χ2n) is 4.35. The standard InChI is InChI=1S/C14H14BrNOS/c15-11-6-14(18-9-11)13-8-16-7-12(17-13)10-4-2-1-3-5-10/h1-6,9,12-13,16H,7-8H2. The molecule has 94 valence electrons. The number of halogens is 1. The van der Waals surface area contributed by atoms with E-state index in [9.17, 15) is 0 Å². The molecular formula is C14H14BrNOS. The topological polar surface area (TPSA) is 21.3 Å². The van der Waals surface area contributed by atoms with Crippen LogP contribution in [0.4, 0.5) is 0 Å². The molecule has 2 aromatic rings. The van der Waals surface area contributed by atoms with Gasteiger partial charge in [-0.1, -0.05) is 30.3 Å². The van der Waals surface area contributed by atoms with Crippen LogP contribution in [-0.4, -0.2) is 13.1 Å². The second-order valence-corrected chi connectivity index (χ2v) is 6.21. The SMILES string of the molecule is Brc1csc(C2CNCC(c3ccccc3)O2)c1. The number of ether oxygens (including phenoxy) is 1. The Morgan fingerprint density at radius 2 is 1.94 bits per heavy atom. The minimum absolute atomic E-state index is 0.144. The summed E-state index contributed by atoms with van der Waals surface area (Å²) < 4.78 is 7.33. The second kappa shape index (κ2) is 5.53. The molecule has 2 nitrogen and oxygen atoms in total. The van der Waals surface area contributed by atoms with Gasteiger partial charge < -0.3 is 10.1 Å². The maximum Gasteiger partial charge on any atom is 0.105 e. The zero-order valence-electron chi connectivity index (χ0n) is 9.80. The lowest BCUT2D eigenvalue weighted by Gasteiger charge is -2.30. The minimum atomic E-state index is 0.144. The van der Waals surface area contributed by atoms with Gasteiger partial charge in [0.1, 0.15) is 6.10 Å². The van der Waals surface area contributed by atoms with Crippen LogP contribution in [0, 0.1) is 0 Å². The first-order valence-electron chi connectivity index (χ1n) is 5.98. The molecule has 1 aromatic heterocycles. The molecule has 0 saturated carbocycles. The molecule has 2 unspecified atom stereocenters. The van der Waals surface area contributed by atoms with E-state index in [0.717, 1.165) is 17.6 Å². The van der Waals surface area contributed by atoms with Crippen molar-refractivity contribution in [3.8, 4) is 0 Å². The first-order valence-corrected chi connectivity index (χ1v) is 7.65. The molecule has 4 heteroatoms. The van der Waals surface area contributed by atoms with Gasteiger partial charge >= 0.3 is 0 Å². The highest BCUT2D eigenvalue weighted by molar-refractivity contribution is 9.10. The highest BCUT2D eigenvalue weighted by atomic mass is 79.9. The largest absolute Gasteiger partial charge is 0.362 e. The number of rotatable bonds is 2. The maximum absolute atomic E-state index is 6.20. The van der Waals surface area contributed by atoms with E-state index in [1.54, 1.807) is 11.3 Å². The van der Waals surface area contributed by atoms with Crippen LogP contribution in [0.5, 0.6) is 0 Å². The van der Waals surface area contributed by atoms with Crippen LogP contribution in [0.2, 0.25) is 0 Å². The van der Waals surface area contributed by atoms with E-state index in [4.69, 9.17) is 4.74 Å². The number of morpholine rings is 1. The zero-order chi connectivity index (χ0) is 12.4. The highest BCUT2D eigenvalue weighted by Crippen LogP contribution is 2.33. The molecule has 18 heavy (non-hydrogen) atoms. The van der Waals surface area contributed by atoms with E-state index in [1.807, 2.05) is 6.07 Å². The van der Waals surface area contributed by atoms with Crippen molar-refractivity contribution in [3.63, 3.8) is 0 Å². The number of hydrogen-bond acceptors (Lipinski definition) is 3. The molecule has 2 atom stereocenters. The van der Waals surface area contributed by atoms with Crippen molar-refractivity contribution in [2.45, 2.75) is 12.2 Å². The molecule has 1 saturated heterocycles. The Balaban J connectivity index is 1.76. The lowest BCUT2D eigenvalue weighted by molar-refractivity contribution is -0.0388. The zero-order valence-corrected chi connectivity index (χ0v) is 12.2. The molecule has 0 spiro atoms. The molecule has 0 bridgehead atoms. The Morgan fingerprint density at radius 1 is 1.17 bits per heavy atom.